The predicted molar refractivity (Wildman–Crippen MR) is 64.3 cm³/mol. The number of carbonyl (C=O) groups is 1. The van der Waals surface area contributed by atoms with Gasteiger partial charge >= 0.3 is 5.97 Å². The molecule has 3 rings (SSSR count). The number of aryl methyl sites for hydroxylation is 1. The Balaban J connectivity index is 1.82. The number of esters is 1. The van der Waals surface area contributed by atoms with Crippen LogP contribution in [-0.2, 0) is 16.0 Å². The molecule has 2 heteroatoms. The molecular formula is C15H14O2. The van der Waals surface area contributed by atoms with E-state index in [2.05, 4.69) is 40.8 Å². The molecule has 1 fully saturated rings. The lowest BCUT2D eigenvalue weighted by molar-refractivity contribution is -0.133. The third-order valence-corrected chi connectivity index (χ3v) is 3.86. The molecular weight excluding hydrogens is 212 g/mol. The average Bonchev–Trinajstić information content (AvgIpc) is 3.10. The molecule has 2 aliphatic rings. The van der Waals surface area contributed by atoms with E-state index in [4.69, 9.17) is 0 Å². The second kappa shape index (κ2) is 3.92. The fourth-order valence-corrected chi connectivity index (χ4v) is 2.96. The molecule has 0 saturated heterocycles. The van der Waals surface area contributed by atoms with Gasteiger partial charge in [0.15, 0.2) is 0 Å². The number of ether oxygens (including phenoxy) is 1. The normalized spacial score (nSPS) is 28.2. The van der Waals surface area contributed by atoms with Crippen LogP contribution in [0.3, 0.4) is 0 Å². The number of rotatable bonds is 0. The topological polar surface area (TPSA) is 26.3 Å². The van der Waals surface area contributed by atoms with Gasteiger partial charge in [0, 0.05) is 17.8 Å². The Hall–Kier alpha value is -1.75. The highest BCUT2D eigenvalue weighted by Crippen LogP contribution is 2.59. The molecule has 2 aliphatic carbocycles. The molecule has 3 unspecified atom stereocenters. The van der Waals surface area contributed by atoms with Gasteiger partial charge in [-0.1, -0.05) is 30.2 Å². The van der Waals surface area contributed by atoms with Gasteiger partial charge in [-0.05, 0) is 29.9 Å². The van der Waals surface area contributed by atoms with Crippen molar-refractivity contribution in [2.75, 3.05) is 7.11 Å². The third kappa shape index (κ3) is 1.72. The average molecular weight is 226 g/mol. The Kier molecular flexibility index (Phi) is 2.40. The van der Waals surface area contributed by atoms with Crippen LogP contribution in [0.5, 0.6) is 0 Å². The van der Waals surface area contributed by atoms with Crippen molar-refractivity contribution in [3.63, 3.8) is 0 Å². The van der Waals surface area contributed by atoms with Crippen LogP contribution in [0.15, 0.2) is 24.3 Å². The van der Waals surface area contributed by atoms with Gasteiger partial charge in [-0.2, -0.15) is 0 Å². The zero-order valence-corrected chi connectivity index (χ0v) is 9.77. The van der Waals surface area contributed by atoms with Gasteiger partial charge in [-0.3, -0.25) is 0 Å². The summed E-state index contributed by atoms with van der Waals surface area (Å²) in [5.74, 6) is 6.77. The van der Waals surface area contributed by atoms with E-state index >= 15 is 0 Å². The van der Waals surface area contributed by atoms with Gasteiger partial charge in [0.2, 0.25) is 0 Å². The fraction of sp³-hybridized carbons (Fsp3) is 0.400. The number of hydrogen-bond acceptors (Lipinski definition) is 2. The van der Waals surface area contributed by atoms with Crippen LogP contribution in [0, 0.1) is 23.7 Å². The van der Waals surface area contributed by atoms with Crippen molar-refractivity contribution >= 4 is 5.97 Å². The standard InChI is InChI=1S/C15H14O2/c1-17-14(16)9-8-13-12-7-6-10-4-2-3-5-11(10)15(12)13/h2-5,12-13,15H,6-7H2,1H3. The molecule has 0 N–H and O–H groups in total. The molecule has 0 radical (unpaired) electrons. The van der Waals surface area contributed by atoms with E-state index in [-0.39, 0.29) is 0 Å². The summed E-state index contributed by atoms with van der Waals surface area (Å²) >= 11 is 0. The SMILES string of the molecule is COC(=O)C#CC1C2CCc3ccccc3C12. The number of hydrogen-bond donors (Lipinski definition) is 0. The molecule has 3 atom stereocenters. The maximum atomic E-state index is 11.0. The molecule has 0 aromatic heterocycles. The van der Waals surface area contributed by atoms with Crippen molar-refractivity contribution in [1.29, 1.82) is 0 Å². The van der Waals surface area contributed by atoms with Crippen molar-refractivity contribution < 1.29 is 9.53 Å². The van der Waals surface area contributed by atoms with Crippen molar-refractivity contribution in [3.05, 3.63) is 35.4 Å². The number of benzene rings is 1. The summed E-state index contributed by atoms with van der Waals surface area (Å²) in [6.07, 6.45) is 2.34. The van der Waals surface area contributed by atoms with Gasteiger partial charge in [0.25, 0.3) is 0 Å². The van der Waals surface area contributed by atoms with Crippen LogP contribution < -0.4 is 0 Å². The maximum Gasteiger partial charge on any atom is 0.384 e. The summed E-state index contributed by atoms with van der Waals surface area (Å²) in [7, 11) is 1.37. The van der Waals surface area contributed by atoms with Crippen molar-refractivity contribution in [3.8, 4) is 11.8 Å². The Morgan fingerprint density at radius 1 is 1.41 bits per heavy atom. The Morgan fingerprint density at radius 2 is 2.24 bits per heavy atom. The van der Waals surface area contributed by atoms with Crippen molar-refractivity contribution in [2.24, 2.45) is 11.8 Å². The van der Waals surface area contributed by atoms with Crippen molar-refractivity contribution in [2.45, 2.75) is 18.8 Å². The molecule has 86 valence electrons. The summed E-state index contributed by atoms with van der Waals surface area (Å²) in [4.78, 5) is 11.0. The maximum absolute atomic E-state index is 11.0. The van der Waals surface area contributed by atoms with E-state index in [1.807, 2.05) is 0 Å². The molecule has 0 bridgehead atoms. The Morgan fingerprint density at radius 3 is 3.06 bits per heavy atom. The summed E-state index contributed by atoms with van der Waals surface area (Å²) in [5, 5.41) is 0. The van der Waals surface area contributed by atoms with E-state index in [0.717, 1.165) is 6.42 Å². The summed E-state index contributed by atoms with van der Waals surface area (Å²) in [6, 6.07) is 8.58. The van der Waals surface area contributed by atoms with Crippen LogP contribution in [0.2, 0.25) is 0 Å². The first-order chi connectivity index (χ1) is 8.31. The molecule has 0 spiro atoms. The number of methoxy groups -OCH3 is 1. The van der Waals surface area contributed by atoms with Crippen molar-refractivity contribution in [1.82, 2.24) is 0 Å². The molecule has 0 aliphatic heterocycles. The number of carbonyl (C=O) groups excluding carboxylic acids is 1. The van der Waals surface area contributed by atoms with E-state index in [1.165, 1.54) is 24.7 Å². The minimum Gasteiger partial charge on any atom is -0.459 e. The Labute approximate surface area is 101 Å². The van der Waals surface area contributed by atoms with Gasteiger partial charge in [0.05, 0.1) is 7.11 Å². The zero-order valence-electron chi connectivity index (χ0n) is 9.77. The summed E-state index contributed by atoms with van der Waals surface area (Å²) in [5.41, 5.74) is 2.89. The van der Waals surface area contributed by atoms with E-state index < -0.39 is 5.97 Å². The largest absolute Gasteiger partial charge is 0.459 e. The molecule has 1 aromatic rings. The molecule has 0 heterocycles. The molecule has 2 nitrogen and oxygen atoms in total. The van der Waals surface area contributed by atoms with Gasteiger partial charge in [-0.15, -0.1) is 0 Å². The van der Waals surface area contributed by atoms with Crippen LogP contribution in [-0.4, -0.2) is 13.1 Å². The van der Waals surface area contributed by atoms with E-state index in [9.17, 15) is 4.79 Å². The monoisotopic (exact) mass is 226 g/mol. The fourth-order valence-electron chi connectivity index (χ4n) is 2.96. The first-order valence-corrected chi connectivity index (χ1v) is 5.98. The van der Waals surface area contributed by atoms with E-state index in [0.29, 0.717) is 17.8 Å². The lowest BCUT2D eigenvalue weighted by atomic mass is 9.92. The van der Waals surface area contributed by atoms with Gasteiger partial charge in [-0.25, -0.2) is 4.79 Å². The predicted octanol–water partition coefficient (Wildman–Crippen LogP) is 2.14. The number of fused-ring (bicyclic) bond motifs is 3. The van der Waals surface area contributed by atoms with E-state index in [1.54, 1.807) is 0 Å². The molecule has 1 saturated carbocycles. The second-order valence-corrected chi connectivity index (χ2v) is 4.71. The third-order valence-electron chi connectivity index (χ3n) is 3.86. The summed E-state index contributed by atoms with van der Waals surface area (Å²) < 4.78 is 4.54. The smallest absolute Gasteiger partial charge is 0.384 e. The van der Waals surface area contributed by atoms with Crippen LogP contribution in [0.4, 0.5) is 0 Å². The first kappa shape index (κ1) is 10.4. The first-order valence-electron chi connectivity index (χ1n) is 5.98. The van der Waals surface area contributed by atoms with Crippen LogP contribution in [0.1, 0.15) is 23.5 Å². The molecule has 0 amide bonds. The summed E-state index contributed by atoms with van der Waals surface area (Å²) in [6.45, 7) is 0. The highest BCUT2D eigenvalue weighted by Gasteiger charge is 2.52. The molecule has 1 aromatic carbocycles. The van der Waals surface area contributed by atoms with Crippen LogP contribution in [0.25, 0.3) is 0 Å². The second-order valence-electron chi connectivity index (χ2n) is 4.71. The van der Waals surface area contributed by atoms with Crippen LogP contribution >= 0.6 is 0 Å². The lowest BCUT2D eigenvalue weighted by Crippen LogP contribution is -2.00. The minimum absolute atomic E-state index is 0.359. The molecule has 17 heavy (non-hydrogen) atoms. The zero-order chi connectivity index (χ0) is 11.8. The van der Waals surface area contributed by atoms with Gasteiger partial charge in [0.1, 0.15) is 0 Å². The highest BCUT2D eigenvalue weighted by molar-refractivity contribution is 5.88. The quantitative estimate of drug-likeness (QED) is 0.385. The minimum atomic E-state index is -0.429. The highest BCUT2D eigenvalue weighted by atomic mass is 16.5. The Bertz CT molecular complexity index is 521. The lowest BCUT2D eigenvalue weighted by Gasteiger charge is -2.13. The van der Waals surface area contributed by atoms with Gasteiger partial charge < -0.3 is 4.74 Å².